The van der Waals surface area contributed by atoms with Crippen molar-refractivity contribution in [2.75, 3.05) is 0 Å². The lowest BCUT2D eigenvalue weighted by molar-refractivity contribution is 0.325. The van der Waals surface area contributed by atoms with E-state index in [1.54, 1.807) is 12.1 Å². The van der Waals surface area contributed by atoms with Crippen LogP contribution in [0.15, 0.2) is 28.8 Å². The van der Waals surface area contributed by atoms with Crippen molar-refractivity contribution < 1.29 is 4.52 Å². The molecule has 1 atom stereocenters. The summed E-state index contributed by atoms with van der Waals surface area (Å²) in [4.78, 5) is 4.29. The highest BCUT2D eigenvalue weighted by Crippen LogP contribution is 2.22. The summed E-state index contributed by atoms with van der Waals surface area (Å²) >= 11 is 5.81. The van der Waals surface area contributed by atoms with Gasteiger partial charge >= 0.3 is 0 Å². The predicted octanol–water partition coefficient (Wildman–Crippen LogP) is 3.05. The summed E-state index contributed by atoms with van der Waals surface area (Å²) in [5.74, 6) is 1.26. The van der Waals surface area contributed by atoms with Crippen LogP contribution in [0, 0.1) is 5.92 Å². The molecular formula is C12H14ClN3O. The Morgan fingerprint density at radius 1 is 1.24 bits per heavy atom. The quantitative estimate of drug-likeness (QED) is 0.911. The second-order valence-corrected chi connectivity index (χ2v) is 4.67. The minimum atomic E-state index is -0.233. The van der Waals surface area contributed by atoms with Crippen LogP contribution in [0.25, 0.3) is 11.4 Å². The molecule has 0 amide bonds. The van der Waals surface area contributed by atoms with Crippen LogP contribution in [0.2, 0.25) is 5.02 Å². The topological polar surface area (TPSA) is 64.9 Å². The van der Waals surface area contributed by atoms with Crippen molar-refractivity contribution in [2.24, 2.45) is 11.7 Å². The van der Waals surface area contributed by atoms with Gasteiger partial charge in [0.15, 0.2) is 0 Å². The monoisotopic (exact) mass is 251 g/mol. The smallest absolute Gasteiger partial charge is 0.244 e. The van der Waals surface area contributed by atoms with Gasteiger partial charge in [-0.3, -0.25) is 0 Å². The molecule has 0 unspecified atom stereocenters. The van der Waals surface area contributed by atoms with Crippen LogP contribution >= 0.6 is 11.6 Å². The molecule has 0 aliphatic rings. The molecular weight excluding hydrogens is 238 g/mol. The first-order valence-corrected chi connectivity index (χ1v) is 5.81. The Morgan fingerprint density at radius 3 is 2.47 bits per heavy atom. The summed E-state index contributed by atoms with van der Waals surface area (Å²) in [5.41, 5.74) is 6.80. The van der Waals surface area contributed by atoms with E-state index in [2.05, 4.69) is 10.1 Å². The van der Waals surface area contributed by atoms with Gasteiger partial charge in [0, 0.05) is 10.6 Å². The van der Waals surface area contributed by atoms with E-state index in [0.29, 0.717) is 16.7 Å². The maximum atomic E-state index is 5.94. The van der Waals surface area contributed by atoms with E-state index in [-0.39, 0.29) is 12.0 Å². The fourth-order valence-electron chi connectivity index (χ4n) is 1.37. The van der Waals surface area contributed by atoms with Crippen LogP contribution < -0.4 is 5.73 Å². The highest BCUT2D eigenvalue weighted by molar-refractivity contribution is 6.30. The lowest BCUT2D eigenvalue weighted by atomic mass is 10.1. The minimum Gasteiger partial charge on any atom is -0.337 e. The van der Waals surface area contributed by atoms with Crippen molar-refractivity contribution in [2.45, 2.75) is 19.9 Å². The number of benzene rings is 1. The normalized spacial score (nSPS) is 13.0. The zero-order valence-electron chi connectivity index (χ0n) is 9.72. The zero-order chi connectivity index (χ0) is 12.4. The number of hydrogen-bond acceptors (Lipinski definition) is 4. The van der Waals surface area contributed by atoms with Crippen molar-refractivity contribution in [3.8, 4) is 11.4 Å². The Kier molecular flexibility index (Phi) is 3.45. The van der Waals surface area contributed by atoms with Crippen molar-refractivity contribution in [1.82, 2.24) is 10.1 Å². The first-order chi connectivity index (χ1) is 8.08. The van der Waals surface area contributed by atoms with Gasteiger partial charge in [-0.05, 0) is 30.2 Å². The molecule has 1 aromatic heterocycles. The molecule has 0 bridgehead atoms. The van der Waals surface area contributed by atoms with Crippen LogP contribution in [0.1, 0.15) is 25.8 Å². The van der Waals surface area contributed by atoms with E-state index in [0.717, 1.165) is 5.56 Å². The molecule has 0 aliphatic carbocycles. The van der Waals surface area contributed by atoms with E-state index in [9.17, 15) is 0 Å². The molecule has 0 saturated carbocycles. The number of nitrogens with two attached hydrogens (primary N) is 1. The SMILES string of the molecule is CC(C)[C@@H](N)c1nc(-c2ccc(Cl)cc2)no1. The summed E-state index contributed by atoms with van der Waals surface area (Å²) in [6, 6.07) is 7.03. The van der Waals surface area contributed by atoms with Crippen LogP contribution in [0.3, 0.4) is 0 Å². The van der Waals surface area contributed by atoms with Gasteiger partial charge in [-0.2, -0.15) is 4.98 Å². The summed E-state index contributed by atoms with van der Waals surface area (Å²) in [5, 5.41) is 4.59. The van der Waals surface area contributed by atoms with E-state index in [4.69, 9.17) is 21.9 Å². The van der Waals surface area contributed by atoms with Gasteiger partial charge < -0.3 is 10.3 Å². The van der Waals surface area contributed by atoms with Gasteiger partial charge in [0.25, 0.3) is 0 Å². The molecule has 5 heteroatoms. The molecule has 17 heavy (non-hydrogen) atoms. The third-order valence-electron chi connectivity index (χ3n) is 2.55. The Labute approximate surface area is 105 Å². The summed E-state index contributed by atoms with van der Waals surface area (Å²) < 4.78 is 5.15. The fraction of sp³-hybridized carbons (Fsp3) is 0.333. The Bertz CT molecular complexity index is 493. The molecule has 0 aliphatic heterocycles. The summed E-state index contributed by atoms with van der Waals surface area (Å²) in [6.45, 7) is 4.02. The van der Waals surface area contributed by atoms with Gasteiger partial charge in [0.2, 0.25) is 11.7 Å². The Morgan fingerprint density at radius 2 is 1.88 bits per heavy atom. The standard InChI is InChI=1S/C12H14ClN3O/c1-7(2)10(14)12-15-11(16-17-12)8-3-5-9(13)6-4-8/h3-7,10H,14H2,1-2H3/t10-/m1/s1. The van der Waals surface area contributed by atoms with Gasteiger partial charge in [0.05, 0.1) is 6.04 Å². The highest BCUT2D eigenvalue weighted by Gasteiger charge is 2.18. The summed E-state index contributed by atoms with van der Waals surface area (Å²) in [7, 11) is 0. The van der Waals surface area contributed by atoms with E-state index >= 15 is 0 Å². The number of hydrogen-bond donors (Lipinski definition) is 1. The second-order valence-electron chi connectivity index (χ2n) is 4.23. The maximum absolute atomic E-state index is 5.94. The Hall–Kier alpha value is -1.39. The third-order valence-corrected chi connectivity index (χ3v) is 2.80. The Balaban J connectivity index is 2.26. The van der Waals surface area contributed by atoms with E-state index in [1.807, 2.05) is 26.0 Å². The van der Waals surface area contributed by atoms with E-state index < -0.39 is 0 Å². The number of nitrogens with zero attached hydrogens (tertiary/aromatic N) is 2. The first-order valence-electron chi connectivity index (χ1n) is 5.43. The molecule has 0 saturated heterocycles. The molecule has 0 spiro atoms. The number of halogens is 1. The molecule has 90 valence electrons. The lowest BCUT2D eigenvalue weighted by Gasteiger charge is -2.09. The van der Waals surface area contributed by atoms with Crippen molar-refractivity contribution in [3.05, 3.63) is 35.2 Å². The first kappa shape index (κ1) is 12.1. The molecule has 2 aromatic rings. The summed E-state index contributed by atoms with van der Waals surface area (Å²) in [6.07, 6.45) is 0. The maximum Gasteiger partial charge on any atom is 0.244 e. The lowest BCUT2D eigenvalue weighted by Crippen LogP contribution is -2.16. The van der Waals surface area contributed by atoms with Crippen molar-refractivity contribution in [1.29, 1.82) is 0 Å². The zero-order valence-corrected chi connectivity index (χ0v) is 10.5. The largest absolute Gasteiger partial charge is 0.337 e. The molecule has 1 aromatic carbocycles. The predicted molar refractivity (Wildman–Crippen MR) is 66.5 cm³/mol. The average molecular weight is 252 g/mol. The van der Waals surface area contributed by atoms with Gasteiger partial charge in [-0.1, -0.05) is 30.6 Å². The van der Waals surface area contributed by atoms with Crippen LogP contribution in [0.4, 0.5) is 0 Å². The molecule has 1 heterocycles. The highest BCUT2D eigenvalue weighted by atomic mass is 35.5. The van der Waals surface area contributed by atoms with Crippen LogP contribution in [0.5, 0.6) is 0 Å². The van der Waals surface area contributed by atoms with Crippen LogP contribution in [-0.2, 0) is 0 Å². The fourth-order valence-corrected chi connectivity index (χ4v) is 1.50. The molecule has 2 N–H and O–H groups in total. The minimum absolute atomic E-state index is 0.233. The second kappa shape index (κ2) is 4.85. The molecule has 0 fully saturated rings. The molecule has 0 radical (unpaired) electrons. The van der Waals surface area contributed by atoms with Gasteiger partial charge in [0.1, 0.15) is 0 Å². The van der Waals surface area contributed by atoms with E-state index in [1.165, 1.54) is 0 Å². The van der Waals surface area contributed by atoms with Gasteiger partial charge in [-0.25, -0.2) is 0 Å². The van der Waals surface area contributed by atoms with Gasteiger partial charge in [-0.15, -0.1) is 0 Å². The van der Waals surface area contributed by atoms with Crippen molar-refractivity contribution >= 4 is 11.6 Å². The molecule has 4 nitrogen and oxygen atoms in total. The third kappa shape index (κ3) is 2.65. The number of rotatable bonds is 3. The molecule has 2 rings (SSSR count). The number of aromatic nitrogens is 2. The average Bonchev–Trinajstić information content (AvgIpc) is 2.78. The van der Waals surface area contributed by atoms with Crippen molar-refractivity contribution in [3.63, 3.8) is 0 Å². The van der Waals surface area contributed by atoms with Crippen LogP contribution in [-0.4, -0.2) is 10.1 Å².